The molecule has 0 amide bonds. The number of thioether (sulfide) groups is 1. The molecule has 1 aromatic rings. The van der Waals surface area contributed by atoms with E-state index in [1.807, 2.05) is 30.1 Å². The Hall–Kier alpha value is -0.0600. The van der Waals surface area contributed by atoms with E-state index in [0.717, 1.165) is 18.7 Å². The topological polar surface area (TPSA) is 24.9 Å². The van der Waals surface area contributed by atoms with Crippen molar-refractivity contribution < 1.29 is 0 Å². The van der Waals surface area contributed by atoms with Gasteiger partial charge in [0.25, 0.3) is 0 Å². The summed E-state index contributed by atoms with van der Waals surface area (Å²) in [6, 6.07) is 0. The van der Waals surface area contributed by atoms with Crippen LogP contribution in [0.3, 0.4) is 0 Å². The molecule has 4 heteroatoms. The maximum Gasteiger partial charge on any atom is 0.103 e. The Kier molecular flexibility index (Phi) is 6.39. The standard InChI is InChI=1S/C12H22N2S2/c1-5-6-10-11(7-13-4)16-12(14-10)8-15-9(2)3/h9,13H,5-8H2,1-4H3. The molecule has 16 heavy (non-hydrogen) atoms. The molecule has 0 fully saturated rings. The molecule has 0 bridgehead atoms. The molecule has 1 rings (SSSR count). The van der Waals surface area contributed by atoms with Crippen LogP contribution in [0.15, 0.2) is 0 Å². The van der Waals surface area contributed by atoms with Gasteiger partial charge in [0.15, 0.2) is 0 Å². The predicted molar refractivity (Wildman–Crippen MR) is 75.3 cm³/mol. The number of aryl methyl sites for hydroxylation is 1. The lowest BCUT2D eigenvalue weighted by Crippen LogP contribution is -2.05. The van der Waals surface area contributed by atoms with E-state index in [1.54, 1.807) is 0 Å². The maximum absolute atomic E-state index is 4.75. The van der Waals surface area contributed by atoms with Gasteiger partial charge in [0.2, 0.25) is 0 Å². The molecule has 1 N–H and O–H groups in total. The summed E-state index contributed by atoms with van der Waals surface area (Å²) in [5.41, 5.74) is 1.31. The molecular formula is C12H22N2S2. The van der Waals surface area contributed by atoms with Gasteiger partial charge < -0.3 is 5.32 Å². The number of hydrogen-bond donors (Lipinski definition) is 1. The van der Waals surface area contributed by atoms with Crippen LogP contribution in [0, 0.1) is 0 Å². The van der Waals surface area contributed by atoms with E-state index in [0.29, 0.717) is 5.25 Å². The Balaban J connectivity index is 2.67. The van der Waals surface area contributed by atoms with Crippen LogP contribution in [-0.2, 0) is 18.7 Å². The molecule has 0 saturated heterocycles. The Bertz CT molecular complexity index is 284. The van der Waals surface area contributed by atoms with E-state index in [9.17, 15) is 0 Å². The molecule has 0 aliphatic carbocycles. The summed E-state index contributed by atoms with van der Waals surface area (Å²) >= 11 is 3.84. The van der Waals surface area contributed by atoms with Crippen LogP contribution in [0.5, 0.6) is 0 Å². The Morgan fingerprint density at radius 2 is 2.19 bits per heavy atom. The van der Waals surface area contributed by atoms with Crippen LogP contribution in [0.2, 0.25) is 0 Å². The first-order valence-corrected chi connectivity index (χ1v) is 7.77. The lowest BCUT2D eigenvalue weighted by atomic mass is 10.2. The molecule has 0 aliphatic rings. The molecule has 1 heterocycles. The fourth-order valence-electron chi connectivity index (χ4n) is 1.47. The monoisotopic (exact) mass is 258 g/mol. The average molecular weight is 258 g/mol. The summed E-state index contributed by atoms with van der Waals surface area (Å²) in [6.07, 6.45) is 2.29. The highest BCUT2D eigenvalue weighted by molar-refractivity contribution is 7.99. The Morgan fingerprint density at radius 1 is 1.44 bits per heavy atom. The smallest absolute Gasteiger partial charge is 0.103 e. The molecular weight excluding hydrogens is 236 g/mol. The Morgan fingerprint density at radius 3 is 2.75 bits per heavy atom. The molecule has 2 nitrogen and oxygen atoms in total. The summed E-state index contributed by atoms with van der Waals surface area (Å²) in [7, 11) is 2.00. The molecule has 92 valence electrons. The quantitative estimate of drug-likeness (QED) is 0.811. The number of hydrogen-bond acceptors (Lipinski definition) is 4. The molecule has 0 radical (unpaired) electrons. The zero-order valence-corrected chi connectivity index (χ0v) is 12.3. The molecule has 0 spiro atoms. The van der Waals surface area contributed by atoms with E-state index in [2.05, 4.69) is 26.1 Å². The van der Waals surface area contributed by atoms with E-state index >= 15 is 0 Å². The minimum absolute atomic E-state index is 0.686. The van der Waals surface area contributed by atoms with Crippen molar-refractivity contribution in [3.05, 3.63) is 15.6 Å². The summed E-state index contributed by atoms with van der Waals surface area (Å²) < 4.78 is 0. The number of thiazole rings is 1. The predicted octanol–water partition coefficient (Wildman–Crippen LogP) is 3.46. The summed E-state index contributed by atoms with van der Waals surface area (Å²) in [4.78, 5) is 6.17. The second kappa shape index (κ2) is 7.30. The number of nitrogens with one attached hydrogen (secondary N) is 1. The lowest BCUT2D eigenvalue weighted by molar-refractivity contribution is 0.797. The molecule has 0 aliphatic heterocycles. The first-order valence-electron chi connectivity index (χ1n) is 5.91. The summed E-state index contributed by atoms with van der Waals surface area (Å²) in [5, 5.41) is 5.20. The number of aromatic nitrogens is 1. The van der Waals surface area contributed by atoms with Gasteiger partial charge in [-0.25, -0.2) is 4.98 Å². The highest BCUT2D eigenvalue weighted by atomic mass is 32.2. The fraction of sp³-hybridized carbons (Fsp3) is 0.750. The van der Waals surface area contributed by atoms with E-state index < -0.39 is 0 Å². The summed E-state index contributed by atoms with van der Waals surface area (Å²) in [5.74, 6) is 1.06. The van der Waals surface area contributed by atoms with Gasteiger partial charge in [-0.1, -0.05) is 27.2 Å². The van der Waals surface area contributed by atoms with Gasteiger partial charge in [-0.15, -0.1) is 11.3 Å². The van der Waals surface area contributed by atoms with Crippen LogP contribution in [0.1, 0.15) is 42.8 Å². The van der Waals surface area contributed by atoms with Crippen LogP contribution in [0.4, 0.5) is 0 Å². The number of rotatable bonds is 7. The molecule has 0 unspecified atom stereocenters. The third-order valence-corrected chi connectivity index (χ3v) is 4.57. The second-order valence-electron chi connectivity index (χ2n) is 4.12. The normalized spacial score (nSPS) is 11.3. The zero-order chi connectivity index (χ0) is 12.0. The SMILES string of the molecule is CCCc1nc(CSC(C)C)sc1CNC. The van der Waals surface area contributed by atoms with E-state index in [-0.39, 0.29) is 0 Å². The van der Waals surface area contributed by atoms with Crippen molar-refractivity contribution >= 4 is 23.1 Å². The average Bonchev–Trinajstić information content (AvgIpc) is 2.59. The van der Waals surface area contributed by atoms with Gasteiger partial charge in [-0.3, -0.25) is 0 Å². The Labute approximate surface area is 107 Å². The van der Waals surface area contributed by atoms with Crippen molar-refractivity contribution in [1.29, 1.82) is 0 Å². The van der Waals surface area contributed by atoms with Crippen molar-refractivity contribution in [3.8, 4) is 0 Å². The fourth-order valence-corrected chi connectivity index (χ4v) is 3.37. The highest BCUT2D eigenvalue weighted by Gasteiger charge is 2.10. The third-order valence-electron chi connectivity index (χ3n) is 2.19. The summed E-state index contributed by atoms with van der Waals surface area (Å²) in [6.45, 7) is 7.64. The maximum atomic E-state index is 4.75. The molecule has 0 aromatic carbocycles. The number of nitrogens with zero attached hydrogens (tertiary/aromatic N) is 1. The first-order chi connectivity index (χ1) is 7.67. The molecule has 0 atom stereocenters. The molecule has 0 saturated carbocycles. The van der Waals surface area contributed by atoms with E-state index in [1.165, 1.54) is 22.0 Å². The van der Waals surface area contributed by atoms with Gasteiger partial charge >= 0.3 is 0 Å². The van der Waals surface area contributed by atoms with Crippen molar-refractivity contribution in [2.75, 3.05) is 7.05 Å². The van der Waals surface area contributed by atoms with Gasteiger partial charge in [0, 0.05) is 17.2 Å². The minimum Gasteiger partial charge on any atom is -0.315 e. The van der Waals surface area contributed by atoms with Crippen molar-refractivity contribution in [3.63, 3.8) is 0 Å². The molecule has 1 aromatic heterocycles. The zero-order valence-electron chi connectivity index (χ0n) is 10.7. The van der Waals surface area contributed by atoms with Crippen LogP contribution in [0.25, 0.3) is 0 Å². The lowest BCUT2D eigenvalue weighted by Gasteiger charge is -2.00. The third kappa shape index (κ3) is 4.44. The van der Waals surface area contributed by atoms with Gasteiger partial charge in [-0.05, 0) is 18.7 Å². The second-order valence-corrected chi connectivity index (χ2v) is 6.85. The van der Waals surface area contributed by atoms with Crippen LogP contribution >= 0.6 is 23.1 Å². The van der Waals surface area contributed by atoms with Crippen LogP contribution in [-0.4, -0.2) is 17.3 Å². The van der Waals surface area contributed by atoms with Crippen molar-refractivity contribution in [1.82, 2.24) is 10.3 Å². The van der Waals surface area contributed by atoms with E-state index in [4.69, 9.17) is 4.98 Å². The van der Waals surface area contributed by atoms with Crippen LogP contribution < -0.4 is 5.32 Å². The highest BCUT2D eigenvalue weighted by Crippen LogP contribution is 2.25. The van der Waals surface area contributed by atoms with Gasteiger partial charge in [0.1, 0.15) is 5.01 Å². The first kappa shape index (κ1) is 14.0. The van der Waals surface area contributed by atoms with Gasteiger partial charge in [-0.2, -0.15) is 11.8 Å². The van der Waals surface area contributed by atoms with Crippen molar-refractivity contribution in [2.24, 2.45) is 0 Å². The van der Waals surface area contributed by atoms with Gasteiger partial charge in [0.05, 0.1) is 5.69 Å². The van der Waals surface area contributed by atoms with Crippen molar-refractivity contribution in [2.45, 2.75) is 51.2 Å². The minimum atomic E-state index is 0.686. The largest absolute Gasteiger partial charge is 0.315 e.